The first-order valence-corrected chi connectivity index (χ1v) is 24.2. The second kappa shape index (κ2) is 20.4. The summed E-state index contributed by atoms with van der Waals surface area (Å²) in [4.78, 5) is 30.7. The van der Waals surface area contributed by atoms with Crippen molar-refractivity contribution in [2.24, 2.45) is 0 Å². The number of carboxylic acids is 1. The molecule has 3 aromatic heterocycles. The maximum Gasteiger partial charge on any atom is 0.335 e. The average Bonchev–Trinajstić information content (AvgIpc) is 4.20. The van der Waals surface area contributed by atoms with Crippen molar-refractivity contribution in [1.29, 1.82) is 0 Å². The summed E-state index contributed by atoms with van der Waals surface area (Å²) in [6.07, 6.45) is 22.5. The lowest BCUT2D eigenvalue weighted by molar-refractivity contribution is 0.0697. The fraction of sp³-hybridized carbons (Fsp3) is 0.250. The molecule has 4 aromatic carbocycles. The van der Waals surface area contributed by atoms with E-state index in [0.717, 1.165) is 109 Å². The Bertz CT molecular complexity index is 3010. The van der Waals surface area contributed by atoms with Crippen LogP contribution >= 0.6 is 0 Å². The molecule has 0 radical (unpaired) electrons. The highest BCUT2D eigenvalue weighted by Gasteiger charge is 2.20. The fourth-order valence-electron chi connectivity index (χ4n) is 9.45. The van der Waals surface area contributed by atoms with Crippen LogP contribution in [-0.4, -0.2) is 31.0 Å². The molecule has 332 valence electrons. The van der Waals surface area contributed by atoms with Gasteiger partial charge in [-0.15, -0.1) is 0 Å². The standard InChI is InChI=1S/C60H60N4O2/c1-4-7-10-13-40-16-22-43(23-17-40)56-48-32-34-50(61-48)57(44-24-18-41(19-25-44)14-11-8-5-2)52-36-38-54(63-52)59(46-28-30-47(31-29-46)60(65)66)55-39-37-53(64-55)58(51-35-33-49(56)62-51)45-26-20-42(21-27-45)15-12-9-6-3/h16-39,61,64H,4-15H2,1-3H3,(H,65,66). The van der Waals surface area contributed by atoms with E-state index in [2.05, 4.69) is 152 Å². The van der Waals surface area contributed by atoms with E-state index in [4.69, 9.17) is 9.97 Å². The molecule has 0 unspecified atom stereocenters. The summed E-state index contributed by atoms with van der Waals surface area (Å²) in [5.74, 6) is -0.960. The van der Waals surface area contributed by atoms with Crippen molar-refractivity contribution >= 4 is 52.3 Å². The average molecular weight is 869 g/mol. The number of hydrogen-bond donors (Lipinski definition) is 3. The van der Waals surface area contributed by atoms with Crippen molar-refractivity contribution in [3.63, 3.8) is 0 Å². The third-order valence-corrected chi connectivity index (χ3v) is 13.1. The van der Waals surface area contributed by atoms with E-state index in [0.29, 0.717) is 0 Å². The van der Waals surface area contributed by atoms with Crippen LogP contribution in [0, 0.1) is 0 Å². The molecular formula is C60H60N4O2. The molecule has 0 aliphatic carbocycles. The van der Waals surface area contributed by atoms with Gasteiger partial charge in [0.15, 0.2) is 0 Å². The molecule has 9 rings (SSSR count). The van der Waals surface area contributed by atoms with Gasteiger partial charge in [0.05, 0.1) is 28.3 Å². The van der Waals surface area contributed by atoms with Gasteiger partial charge in [-0.3, -0.25) is 0 Å². The third-order valence-electron chi connectivity index (χ3n) is 13.1. The molecule has 0 saturated carbocycles. The minimum absolute atomic E-state index is 0.234. The number of carboxylic acid groups (broad SMARTS) is 1. The van der Waals surface area contributed by atoms with Gasteiger partial charge < -0.3 is 15.1 Å². The number of aromatic nitrogens is 4. The summed E-state index contributed by atoms with van der Waals surface area (Å²) in [6.45, 7) is 6.74. The predicted octanol–water partition coefficient (Wildman–Crippen LogP) is 16.2. The third kappa shape index (κ3) is 9.65. The molecule has 0 saturated heterocycles. The summed E-state index contributed by atoms with van der Waals surface area (Å²) < 4.78 is 0. The molecule has 0 atom stereocenters. The Hall–Kier alpha value is -7.05. The van der Waals surface area contributed by atoms with Gasteiger partial charge in [0.1, 0.15) is 0 Å². The van der Waals surface area contributed by atoms with Crippen molar-refractivity contribution in [2.75, 3.05) is 0 Å². The van der Waals surface area contributed by atoms with Crippen molar-refractivity contribution in [2.45, 2.75) is 97.8 Å². The molecule has 2 aliphatic rings. The van der Waals surface area contributed by atoms with Gasteiger partial charge in [0, 0.05) is 44.3 Å². The number of aromatic amines is 2. The lowest BCUT2D eigenvalue weighted by atomic mass is 10.00. The van der Waals surface area contributed by atoms with Crippen LogP contribution in [0.15, 0.2) is 121 Å². The lowest BCUT2D eigenvalue weighted by Crippen LogP contribution is -1.95. The molecule has 6 nitrogen and oxygen atoms in total. The molecule has 2 aliphatic heterocycles. The smallest absolute Gasteiger partial charge is 0.335 e. The Labute approximate surface area is 389 Å². The number of H-pyrrole nitrogens is 2. The van der Waals surface area contributed by atoms with Gasteiger partial charge in [0.2, 0.25) is 0 Å². The largest absolute Gasteiger partial charge is 0.478 e. The Kier molecular flexibility index (Phi) is 13.7. The SMILES string of the molecule is CCCCCc1ccc(-c2c3nc(c(-c4ccc(CCCCC)cc4)c4ccc([nH]4)c(-c4ccc(C(=O)O)cc4)c4nc(c(-c5ccc(CCCCC)cc5)c5ccc2[nH]5)C=C4)C=C3)cc1. The molecule has 0 fully saturated rings. The van der Waals surface area contributed by atoms with E-state index in [9.17, 15) is 9.90 Å². The maximum absolute atomic E-state index is 12.0. The van der Waals surface area contributed by atoms with Gasteiger partial charge >= 0.3 is 5.97 Å². The zero-order valence-electron chi connectivity index (χ0n) is 38.6. The normalized spacial score (nSPS) is 12.0. The molecule has 5 heterocycles. The van der Waals surface area contributed by atoms with Gasteiger partial charge in [-0.2, -0.15) is 0 Å². The molecule has 0 amide bonds. The van der Waals surface area contributed by atoms with Crippen LogP contribution in [0.1, 0.15) is 128 Å². The zero-order chi connectivity index (χ0) is 45.4. The van der Waals surface area contributed by atoms with Crippen molar-refractivity contribution in [3.8, 4) is 44.5 Å². The predicted molar refractivity (Wildman–Crippen MR) is 277 cm³/mol. The fourth-order valence-corrected chi connectivity index (χ4v) is 9.45. The lowest BCUT2D eigenvalue weighted by Gasteiger charge is -2.09. The van der Waals surface area contributed by atoms with E-state index in [1.54, 1.807) is 12.1 Å². The van der Waals surface area contributed by atoms with Crippen LogP contribution in [-0.2, 0) is 19.3 Å². The van der Waals surface area contributed by atoms with Gasteiger partial charge in [-0.05, 0) is 138 Å². The molecule has 6 heteroatoms. The summed E-state index contributed by atoms with van der Waals surface area (Å²) in [7, 11) is 0. The van der Waals surface area contributed by atoms with E-state index in [1.165, 1.54) is 74.5 Å². The molecule has 66 heavy (non-hydrogen) atoms. The van der Waals surface area contributed by atoms with Crippen LogP contribution in [0.25, 0.3) is 90.9 Å². The topological polar surface area (TPSA) is 94.7 Å². The van der Waals surface area contributed by atoms with Crippen LogP contribution in [0.3, 0.4) is 0 Å². The minimum Gasteiger partial charge on any atom is -0.478 e. The molecule has 0 spiro atoms. The number of benzene rings is 4. The number of hydrogen-bond acceptors (Lipinski definition) is 3. The van der Waals surface area contributed by atoms with Crippen LogP contribution < -0.4 is 0 Å². The Balaban J connectivity index is 1.34. The number of carbonyl (C=O) groups is 1. The van der Waals surface area contributed by atoms with Crippen LogP contribution in [0.2, 0.25) is 0 Å². The zero-order valence-corrected chi connectivity index (χ0v) is 38.6. The number of rotatable bonds is 17. The quantitative estimate of drug-likeness (QED) is 0.0795. The maximum atomic E-state index is 12.0. The highest BCUT2D eigenvalue weighted by molar-refractivity contribution is 6.00. The number of unbranched alkanes of at least 4 members (excludes halogenated alkanes) is 6. The van der Waals surface area contributed by atoms with Crippen LogP contribution in [0.5, 0.6) is 0 Å². The van der Waals surface area contributed by atoms with E-state index < -0.39 is 5.97 Å². The summed E-state index contributed by atoms with van der Waals surface area (Å²) in [5, 5.41) is 9.83. The Morgan fingerprint density at radius 1 is 0.394 bits per heavy atom. The van der Waals surface area contributed by atoms with Crippen molar-refractivity contribution in [1.82, 2.24) is 19.9 Å². The summed E-state index contributed by atoms with van der Waals surface area (Å²) >= 11 is 0. The number of nitrogens with zero attached hydrogens (tertiary/aromatic N) is 2. The summed E-state index contributed by atoms with van der Waals surface area (Å²) in [5.41, 5.74) is 19.4. The molecular weight excluding hydrogens is 809 g/mol. The highest BCUT2D eigenvalue weighted by Crippen LogP contribution is 2.39. The Morgan fingerprint density at radius 2 is 0.667 bits per heavy atom. The Morgan fingerprint density at radius 3 is 0.924 bits per heavy atom. The molecule has 8 bridgehead atoms. The van der Waals surface area contributed by atoms with Gasteiger partial charge in [0.25, 0.3) is 0 Å². The molecule has 7 aromatic rings. The van der Waals surface area contributed by atoms with E-state index in [1.807, 2.05) is 12.1 Å². The van der Waals surface area contributed by atoms with E-state index in [-0.39, 0.29) is 5.56 Å². The minimum atomic E-state index is -0.960. The number of fused-ring (bicyclic) bond motifs is 8. The first kappa shape index (κ1) is 44.2. The van der Waals surface area contributed by atoms with Gasteiger partial charge in [-0.25, -0.2) is 14.8 Å². The first-order chi connectivity index (χ1) is 32.4. The van der Waals surface area contributed by atoms with Crippen molar-refractivity contribution in [3.05, 3.63) is 166 Å². The number of aromatic carboxylic acids is 1. The van der Waals surface area contributed by atoms with Gasteiger partial charge in [-0.1, -0.05) is 144 Å². The number of aryl methyl sites for hydroxylation is 3. The monoisotopic (exact) mass is 868 g/mol. The first-order valence-electron chi connectivity index (χ1n) is 24.2. The highest BCUT2D eigenvalue weighted by atomic mass is 16.4. The van der Waals surface area contributed by atoms with Crippen molar-refractivity contribution < 1.29 is 9.90 Å². The number of nitrogens with one attached hydrogen (secondary N) is 2. The molecule has 3 N–H and O–H groups in total. The second-order valence-corrected chi connectivity index (χ2v) is 17.8. The summed E-state index contributed by atoms with van der Waals surface area (Å²) in [6, 6.07) is 42.8. The van der Waals surface area contributed by atoms with E-state index >= 15 is 0 Å². The second-order valence-electron chi connectivity index (χ2n) is 17.8. The van der Waals surface area contributed by atoms with Crippen LogP contribution in [0.4, 0.5) is 0 Å².